The molecule has 0 saturated carbocycles. The van der Waals surface area contributed by atoms with Crippen LogP contribution in [-0.2, 0) is 5.41 Å². The topological polar surface area (TPSA) is 49.7 Å². The largest absolute Gasteiger partial charge is 0.427 e. The van der Waals surface area contributed by atoms with Gasteiger partial charge in [0, 0.05) is 5.41 Å². The minimum atomic E-state index is -2.36. The zero-order valence-corrected chi connectivity index (χ0v) is 11.8. The van der Waals surface area contributed by atoms with Crippen molar-refractivity contribution < 1.29 is 14.3 Å². The minimum absolute atomic E-state index is 0.108. The lowest BCUT2D eigenvalue weighted by Crippen LogP contribution is -2.18. The molecule has 0 aromatic heterocycles. The van der Waals surface area contributed by atoms with Gasteiger partial charge in [-0.1, -0.05) is 56.3 Å². The van der Waals surface area contributed by atoms with Crippen LogP contribution in [0.15, 0.2) is 54.6 Å². The number of rotatable bonds is 4. The molecule has 0 atom stereocenters. The maximum Gasteiger partial charge on any atom is 0.391 e. The van der Waals surface area contributed by atoms with Crippen molar-refractivity contribution in [2.24, 2.45) is 0 Å². The number of hydrogen-bond acceptors (Lipinski definition) is 3. The average Bonchev–Trinajstić information content (AvgIpc) is 2.40. The Labute approximate surface area is 114 Å². The van der Waals surface area contributed by atoms with E-state index in [1.54, 1.807) is 12.1 Å². The smallest absolute Gasteiger partial charge is 0.391 e. The Bertz CT molecular complexity index is 521. The van der Waals surface area contributed by atoms with Gasteiger partial charge in [-0.3, -0.25) is 0 Å². The summed E-state index contributed by atoms with van der Waals surface area (Å²) in [6.45, 7) is 4.31. The van der Waals surface area contributed by atoms with Gasteiger partial charge in [-0.25, -0.2) is 0 Å². The lowest BCUT2D eigenvalue weighted by atomic mass is 9.78. The molecule has 0 unspecified atom stereocenters. The third-order valence-corrected chi connectivity index (χ3v) is 3.63. The lowest BCUT2D eigenvalue weighted by molar-refractivity contribution is 0.375. The fourth-order valence-corrected chi connectivity index (χ4v) is 2.36. The molecule has 100 valence electrons. The van der Waals surface area contributed by atoms with Crippen molar-refractivity contribution in [2.45, 2.75) is 19.3 Å². The Morgan fingerprint density at radius 2 is 1.37 bits per heavy atom. The van der Waals surface area contributed by atoms with Gasteiger partial charge in [-0.15, -0.1) is 0 Å². The van der Waals surface area contributed by atoms with Crippen molar-refractivity contribution in [3.8, 4) is 5.75 Å². The zero-order valence-electron chi connectivity index (χ0n) is 10.9. The summed E-state index contributed by atoms with van der Waals surface area (Å²) < 4.78 is 4.86. The maximum atomic E-state index is 8.81. The predicted octanol–water partition coefficient (Wildman–Crippen LogP) is 3.60. The minimum Gasteiger partial charge on any atom is -0.427 e. The Balaban J connectivity index is 2.26. The van der Waals surface area contributed by atoms with Crippen LogP contribution in [0.3, 0.4) is 0 Å². The summed E-state index contributed by atoms with van der Waals surface area (Å²) in [5, 5.41) is 0. The van der Waals surface area contributed by atoms with E-state index in [9.17, 15) is 0 Å². The van der Waals surface area contributed by atoms with E-state index in [2.05, 4.69) is 26.0 Å². The Morgan fingerprint density at radius 1 is 0.842 bits per heavy atom. The Kier molecular flexibility index (Phi) is 4.20. The van der Waals surface area contributed by atoms with Gasteiger partial charge in [0.05, 0.1) is 0 Å². The second kappa shape index (κ2) is 5.70. The summed E-state index contributed by atoms with van der Waals surface area (Å²) in [5.41, 5.74) is 2.27. The van der Waals surface area contributed by atoms with Crippen LogP contribution >= 0.6 is 8.60 Å². The fraction of sp³-hybridized carbons (Fsp3) is 0.200. The summed E-state index contributed by atoms with van der Waals surface area (Å²) in [7, 11) is -2.36. The van der Waals surface area contributed by atoms with Crippen molar-refractivity contribution in [1.82, 2.24) is 0 Å². The van der Waals surface area contributed by atoms with Crippen molar-refractivity contribution >= 4 is 8.60 Å². The molecule has 0 heterocycles. The molecule has 0 aliphatic carbocycles. The quantitative estimate of drug-likeness (QED) is 0.839. The average molecular weight is 276 g/mol. The molecule has 2 rings (SSSR count). The SMILES string of the molecule is CC(C)(c1ccccc1)c1ccc(OP(O)O)cc1. The first-order valence-corrected chi connectivity index (χ1v) is 7.18. The van der Waals surface area contributed by atoms with Crippen LogP contribution in [0, 0.1) is 0 Å². The highest BCUT2D eigenvalue weighted by atomic mass is 31.2. The molecule has 0 aliphatic rings. The number of benzene rings is 2. The van der Waals surface area contributed by atoms with Crippen LogP contribution < -0.4 is 4.52 Å². The molecule has 0 saturated heterocycles. The van der Waals surface area contributed by atoms with Gasteiger partial charge < -0.3 is 14.3 Å². The molecular formula is C15H17O3P. The summed E-state index contributed by atoms with van der Waals surface area (Å²) in [5.74, 6) is 0.462. The third kappa shape index (κ3) is 3.32. The molecule has 0 aliphatic heterocycles. The van der Waals surface area contributed by atoms with Crippen LogP contribution in [0.25, 0.3) is 0 Å². The fourth-order valence-electron chi connectivity index (χ4n) is 2.05. The normalized spacial score (nSPS) is 11.6. The highest BCUT2D eigenvalue weighted by molar-refractivity contribution is 7.39. The van der Waals surface area contributed by atoms with E-state index in [4.69, 9.17) is 14.3 Å². The molecular weight excluding hydrogens is 259 g/mol. The third-order valence-electron chi connectivity index (χ3n) is 3.26. The summed E-state index contributed by atoms with van der Waals surface area (Å²) in [6.07, 6.45) is 0. The van der Waals surface area contributed by atoms with Gasteiger partial charge in [0.25, 0.3) is 0 Å². The maximum absolute atomic E-state index is 8.81. The van der Waals surface area contributed by atoms with E-state index in [0.717, 1.165) is 5.56 Å². The van der Waals surface area contributed by atoms with Crippen molar-refractivity contribution in [1.29, 1.82) is 0 Å². The van der Waals surface area contributed by atoms with Crippen LogP contribution in [0.1, 0.15) is 25.0 Å². The summed E-state index contributed by atoms with van der Waals surface area (Å²) in [6, 6.07) is 17.7. The summed E-state index contributed by atoms with van der Waals surface area (Å²) in [4.78, 5) is 17.6. The van der Waals surface area contributed by atoms with Gasteiger partial charge >= 0.3 is 8.60 Å². The van der Waals surface area contributed by atoms with Crippen LogP contribution in [0.5, 0.6) is 5.75 Å². The summed E-state index contributed by atoms with van der Waals surface area (Å²) >= 11 is 0. The van der Waals surface area contributed by atoms with Crippen LogP contribution in [0.2, 0.25) is 0 Å². The Hall–Kier alpha value is -1.41. The molecule has 2 N–H and O–H groups in total. The van der Waals surface area contributed by atoms with E-state index in [0.29, 0.717) is 5.75 Å². The van der Waals surface area contributed by atoms with Crippen LogP contribution in [0.4, 0.5) is 0 Å². The molecule has 2 aromatic rings. The predicted molar refractivity (Wildman–Crippen MR) is 77.0 cm³/mol. The number of hydrogen-bond donors (Lipinski definition) is 2. The first-order valence-electron chi connectivity index (χ1n) is 6.02. The van der Waals surface area contributed by atoms with Crippen molar-refractivity contribution in [3.05, 3.63) is 65.7 Å². The van der Waals surface area contributed by atoms with Gasteiger partial charge in [0.1, 0.15) is 5.75 Å². The second-order valence-corrected chi connectivity index (χ2v) is 5.55. The molecule has 0 radical (unpaired) electrons. The van der Waals surface area contributed by atoms with Crippen LogP contribution in [-0.4, -0.2) is 9.79 Å². The monoisotopic (exact) mass is 276 g/mol. The molecule has 3 nitrogen and oxygen atoms in total. The van der Waals surface area contributed by atoms with Gasteiger partial charge in [0.15, 0.2) is 0 Å². The first-order chi connectivity index (χ1) is 9.00. The zero-order chi connectivity index (χ0) is 13.9. The Morgan fingerprint density at radius 3 is 1.89 bits per heavy atom. The van der Waals surface area contributed by atoms with E-state index >= 15 is 0 Å². The molecule has 0 amide bonds. The van der Waals surface area contributed by atoms with E-state index < -0.39 is 8.60 Å². The molecule has 0 bridgehead atoms. The molecule has 0 fully saturated rings. The van der Waals surface area contributed by atoms with Gasteiger partial charge in [0.2, 0.25) is 0 Å². The standard InChI is InChI=1S/C15H17O3P/c1-15(2,12-6-4-3-5-7-12)13-8-10-14(11-9-13)18-19(16)17/h3-11,16-17H,1-2H3. The van der Waals surface area contributed by atoms with E-state index in [-0.39, 0.29) is 5.41 Å². The van der Waals surface area contributed by atoms with E-state index in [1.807, 2.05) is 30.3 Å². The molecule has 0 spiro atoms. The molecule has 2 aromatic carbocycles. The molecule has 19 heavy (non-hydrogen) atoms. The highest BCUT2D eigenvalue weighted by Gasteiger charge is 2.22. The second-order valence-electron chi connectivity index (χ2n) is 4.86. The molecule has 4 heteroatoms. The van der Waals surface area contributed by atoms with Gasteiger partial charge in [-0.2, -0.15) is 0 Å². The van der Waals surface area contributed by atoms with Crippen molar-refractivity contribution in [2.75, 3.05) is 0 Å². The highest BCUT2D eigenvalue weighted by Crippen LogP contribution is 2.34. The first kappa shape index (κ1) is 14.0. The van der Waals surface area contributed by atoms with Gasteiger partial charge in [-0.05, 0) is 23.3 Å². The lowest BCUT2D eigenvalue weighted by Gasteiger charge is -2.26. The van der Waals surface area contributed by atoms with Crippen molar-refractivity contribution in [3.63, 3.8) is 0 Å². The van der Waals surface area contributed by atoms with E-state index in [1.165, 1.54) is 5.56 Å².